The molecule has 0 radical (unpaired) electrons. The van der Waals surface area contributed by atoms with Crippen LogP contribution in [0.3, 0.4) is 0 Å². The Bertz CT molecular complexity index is 551. The predicted octanol–water partition coefficient (Wildman–Crippen LogP) is -0.139. The van der Waals surface area contributed by atoms with E-state index in [2.05, 4.69) is 9.97 Å². The first-order chi connectivity index (χ1) is 9.02. The maximum absolute atomic E-state index is 11.8. The van der Waals surface area contributed by atoms with Gasteiger partial charge in [-0.1, -0.05) is 0 Å². The second-order valence-electron chi connectivity index (χ2n) is 4.49. The summed E-state index contributed by atoms with van der Waals surface area (Å²) in [4.78, 5) is 23.5. The molecule has 2 rings (SSSR count). The summed E-state index contributed by atoms with van der Waals surface area (Å²) < 4.78 is 0. The van der Waals surface area contributed by atoms with Crippen molar-refractivity contribution in [2.75, 3.05) is 32.1 Å². The lowest BCUT2D eigenvalue weighted by Crippen LogP contribution is -2.27. The number of nitrogens with two attached hydrogens (primary N) is 1. The van der Waals surface area contributed by atoms with Crippen LogP contribution in [-0.2, 0) is 0 Å². The second kappa shape index (κ2) is 5.05. The SMILES string of the molecule is CN(C)C(=O)c1ccnc(N2CC(N)=C(C=N)C2)n1. The third-order valence-corrected chi connectivity index (χ3v) is 2.86. The number of nitrogens with zero attached hydrogens (tertiary/aromatic N) is 4. The van der Waals surface area contributed by atoms with E-state index in [9.17, 15) is 4.79 Å². The Kier molecular flexibility index (Phi) is 3.46. The van der Waals surface area contributed by atoms with Crippen molar-refractivity contribution in [1.29, 1.82) is 5.41 Å². The Balaban J connectivity index is 2.22. The molecule has 1 aliphatic heterocycles. The molecule has 0 atom stereocenters. The van der Waals surface area contributed by atoms with Crippen LogP contribution in [0, 0.1) is 5.41 Å². The fraction of sp³-hybridized carbons (Fsp3) is 0.333. The van der Waals surface area contributed by atoms with E-state index < -0.39 is 0 Å². The van der Waals surface area contributed by atoms with Crippen molar-refractivity contribution in [3.8, 4) is 0 Å². The van der Waals surface area contributed by atoms with Crippen molar-refractivity contribution in [2.24, 2.45) is 5.73 Å². The van der Waals surface area contributed by atoms with E-state index in [4.69, 9.17) is 11.1 Å². The highest BCUT2D eigenvalue weighted by Gasteiger charge is 2.22. The highest BCUT2D eigenvalue weighted by atomic mass is 16.2. The molecule has 1 aromatic heterocycles. The molecular formula is C12H16N6O. The van der Waals surface area contributed by atoms with E-state index in [0.29, 0.717) is 30.4 Å². The summed E-state index contributed by atoms with van der Waals surface area (Å²) in [5.41, 5.74) is 7.56. The Morgan fingerprint density at radius 2 is 2.26 bits per heavy atom. The zero-order valence-corrected chi connectivity index (χ0v) is 10.9. The van der Waals surface area contributed by atoms with E-state index >= 15 is 0 Å². The number of rotatable bonds is 3. The molecule has 3 N–H and O–H groups in total. The lowest BCUT2D eigenvalue weighted by Gasteiger charge is -2.17. The van der Waals surface area contributed by atoms with Gasteiger partial charge in [0.2, 0.25) is 5.95 Å². The summed E-state index contributed by atoms with van der Waals surface area (Å²) in [7, 11) is 3.35. The summed E-state index contributed by atoms with van der Waals surface area (Å²) in [6.45, 7) is 0.971. The van der Waals surface area contributed by atoms with Gasteiger partial charge in [-0.15, -0.1) is 0 Å². The van der Waals surface area contributed by atoms with Crippen molar-refractivity contribution in [2.45, 2.75) is 0 Å². The molecule has 1 amide bonds. The number of anilines is 1. The zero-order chi connectivity index (χ0) is 14.0. The van der Waals surface area contributed by atoms with Gasteiger partial charge in [-0.25, -0.2) is 9.97 Å². The van der Waals surface area contributed by atoms with Gasteiger partial charge < -0.3 is 20.9 Å². The van der Waals surface area contributed by atoms with Crippen LogP contribution in [0.4, 0.5) is 5.95 Å². The third-order valence-electron chi connectivity index (χ3n) is 2.86. The summed E-state index contributed by atoms with van der Waals surface area (Å²) in [5.74, 6) is 0.281. The summed E-state index contributed by atoms with van der Waals surface area (Å²) in [6, 6.07) is 1.58. The number of carbonyl (C=O) groups excluding carboxylic acids is 1. The van der Waals surface area contributed by atoms with Crippen LogP contribution in [0.5, 0.6) is 0 Å². The van der Waals surface area contributed by atoms with Crippen LogP contribution < -0.4 is 10.6 Å². The van der Waals surface area contributed by atoms with Crippen LogP contribution >= 0.6 is 0 Å². The number of hydrogen-bond donors (Lipinski definition) is 2. The standard InChI is InChI=1S/C12H16N6O/c1-17(2)11(19)10-3-4-15-12(16-10)18-6-8(5-13)9(14)7-18/h3-5,13H,6-7,14H2,1-2H3. The number of nitrogens with one attached hydrogen (secondary N) is 1. The van der Waals surface area contributed by atoms with Crippen molar-refractivity contribution in [1.82, 2.24) is 14.9 Å². The van der Waals surface area contributed by atoms with E-state index in [-0.39, 0.29) is 5.91 Å². The fourth-order valence-corrected chi connectivity index (χ4v) is 1.80. The Labute approximate surface area is 111 Å². The number of hydrogen-bond acceptors (Lipinski definition) is 6. The second-order valence-corrected chi connectivity index (χ2v) is 4.49. The van der Waals surface area contributed by atoms with E-state index in [1.165, 1.54) is 11.1 Å². The molecular weight excluding hydrogens is 244 g/mol. The number of amides is 1. The first-order valence-corrected chi connectivity index (χ1v) is 5.80. The van der Waals surface area contributed by atoms with Gasteiger partial charge in [-0.3, -0.25) is 4.79 Å². The molecule has 1 aliphatic rings. The fourth-order valence-electron chi connectivity index (χ4n) is 1.80. The maximum atomic E-state index is 11.8. The van der Waals surface area contributed by atoms with Gasteiger partial charge in [0, 0.05) is 44.3 Å². The molecule has 0 bridgehead atoms. The van der Waals surface area contributed by atoms with Crippen LogP contribution in [0.2, 0.25) is 0 Å². The highest BCUT2D eigenvalue weighted by molar-refractivity contribution is 5.92. The summed E-state index contributed by atoms with van der Waals surface area (Å²) in [5, 5.41) is 7.26. The van der Waals surface area contributed by atoms with E-state index in [0.717, 1.165) is 5.57 Å². The normalized spacial score (nSPS) is 14.7. The minimum absolute atomic E-state index is 0.170. The minimum atomic E-state index is -0.170. The lowest BCUT2D eigenvalue weighted by molar-refractivity contribution is 0.0822. The summed E-state index contributed by atoms with van der Waals surface area (Å²) in [6.07, 6.45) is 2.79. The molecule has 2 heterocycles. The number of aromatic nitrogens is 2. The Morgan fingerprint density at radius 3 is 2.84 bits per heavy atom. The van der Waals surface area contributed by atoms with Gasteiger partial charge >= 0.3 is 0 Å². The van der Waals surface area contributed by atoms with Crippen molar-refractivity contribution in [3.05, 3.63) is 29.2 Å². The Morgan fingerprint density at radius 1 is 1.53 bits per heavy atom. The van der Waals surface area contributed by atoms with Gasteiger partial charge in [0.1, 0.15) is 5.69 Å². The van der Waals surface area contributed by atoms with E-state index in [1.807, 2.05) is 4.90 Å². The largest absolute Gasteiger partial charge is 0.400 e. The predicted molar refractivity (Wildman–Crippen MR) is 72.3 cm³/mol. The molecule has 0 spiro atoms. The topological polar surface area (TPSA) is 99.2 Å². The molecule has 7 heteroatoms. The van der Waals surface area contributed by atoms with Crippen molar-refractivity contribution < 1.29 is 4.79 Å². The molecule has 0 fully saturated rings. The molecule has 100 valence electrons. The van der Waals surface area contributed by atoms with Crippen molar-refractivity contribution >= 4 is 18.1 Å². The molecule has 0 saturated carbocycles. The van der Waals surface area contributed by atoms with Gasteiger partial charge in [0.25, 0.3) is 5.91 Å². The first-order valence-electron chi connectivity index (χ1n) is 5.80. The molecule has 0 unspecified atom stereocenters. The monoisotopic (exact) mass is 260 g/mol. The smallest absolute Gasteiger partial charge is 0.272 e. The molecule has 1 aromatic rings. The quantitative estimate of drug-likeness (QED) is 0.737. The lowest BCUT2D eigenvalue weighted by atomic mass is 10.3. The van der Waals surface area contributed by atoms with E-state index in [1.54, 1.807) is 26.4 Å². The van der Waals surface area contributed by atoms with Gasteiger partial charge in [0.15, 0.2) is 0 Å². The minimum Gasteiger partial charge on any atom is -0.400 e. The highest BCUT2D eigenvalue weighted by Crippen LogP contribution is 2.17. The van der Waals surface area contributed by atoms with Crippen molar-refractivity contribution in [3.63, 3.8) is 0 Å². The molecule has 0 aromatic carbocycles. The zero-order valence-electron chi connectivity index (χ0n) is 10.9. The average molecular weight is 260 g/mol. The van der Waals surface area contributed by atoms with Crippen LogP contribution in [0.1, 0.15) is 10.5 Å². The first kappa shape index (κ1) is 13.0. The average Bonchev–Trinajstić information content (AvgIpc) is 2.79. The van der Waals surface area contributed by atoms with Gasteiger partial charge in [-0.2, -0.15) is 0 Å². The van der Waals surface area contributed by atoms with Crippen LogP contribution in [0.25, 0.3) is 0 Å². The molecule has 0 saturated heterocycles. The Hall–Kier alpha value is -2.44. The third kappa shape index (κ3) is 2.54. The van der Waals surface area contributed by atoms with Gasteiger partial charge in [0.05, 0.1) is 6.54 Å². The maximum Gasteiger partial charge on any atom is 0.272 e. The molecule has 19 heavy (non-hydrogen) atoms. The molecule has 7 nitrogen and oxygen atoms in total. The summed E-state index contributed by atoms with van der Waals surface area (Å²) >= 11 is 0. The number of carbonyl (C=O) groups is 1. The van der Waals surface area contributed by atoms with Crippen LogP contribution in [-0.4, -0.2) is 54.2 Å². The van der Waals surface area contributed by atoms with Crippen LogP contribution in [0.15, 0.2) is 23.5 Å². The molecule has 0 aliphatic carbocycles. The van der Waals surface area contributed by atoms with Gasteiger partial charge in [-0.05, 0) is 6.07 Å².